The highest BCUT2D eigenvalue weighted by Gasteiger charge is 2.33. The quantitative estimate of drug-likeness (QED) is 0.412. The number of para-hydroxylation sites is 3. The SMILES string of the molecule is COc1ccccc1C1CC(c2ccccc2N=Cc2c[nH]c3ccccc23)=NN1C(C)=O. The van der Waals surface area contributed by atoms with Crippen LogP contribution in [0, 0.1) is 0 Å². The molecule has 0 bridgehead atoms. The third kappa shape index (κ3) is 3.91. The number of aromatic nitrogens is 1. The molecule has 4 aromatic rings. The molecule has 2 heterocycles. The molecule has 5 rings (SSSR count). The van der Waals surface area contributed by atoms with Crippen LogP contribution in [0.2, 0.25) is 0 Å². The number of hydrazone groups is 1. The van der Waals surface area contributed by atoms with Gasteiger partial charge >= 0.3 is 0 Å². The summed E-state index contributed by atoms with van der Waals surface area (Å²) in [5.41, 5.74) is 5.58. The number of rotatable bonds is 5. The highest BCUT2D eigenvalue weighted by Crippen LogP contribution is 2.38. The molecule has 1 atom stereocenters. The first-order chi connectivity index (χ1) is 16.2. The number of nitrogens with zero attached hydrogens (tertiary/aromatic N) is 3. The predicted octanol–water partition coefficient (Wildman–Crippen LogP) is 5.62. The number of aliphatic imine (C=N–C) groups is 1. The van der Waals surface area contributed by atoms with Gasteiger partial charge in [-0.05, 0) is 18.2 Å². The van der Waals surface area contributed by atoms with Crippen LogP contribution >= 0.6 is 0 Å². The number of nitrogens with one attached hydrogen (secondary N) is 1. The van der Waals surface area contributed by atoms with Crippen molar-refractivity contribution < 1.29 is 9.53 Å². The number of carbonyl (C=O) groups is 1. The van der Waals surface area contributed by atoms with E-state index in [1.54, 1.807) is 12.1 Å². The van der Waals surface area contributed by atoms with E-state index in [9.17, 15) is 4.79 Å². The van der Waals surface area contributed by atoms with Crippen molar-refractivity contribution in [1.29, 1.82) is 0 Å². The molecule has 33 heavy (non-hydrogen) atoms. The number of ether oxygens (including phenoxy) is 1. The minimum atomic E-state index is -0.223. The van der Waals surface area contributed by atoms with Crippen molar-refractivity contribution in [2.75, 3.05) is 7.11 Å². The number of hydrogen-bond acceptors (Lipinski definition) is 4. The molecule has 6 heteroatoms. The van der Waals surface area contributed by atoms with Crippen LogP contribution in [-0.4, -0.2) is 34.9 Å². The molecule has 0 spiro atoms. The first-order valence-corrected chi connectivity index (χ1v) is 10.9. The van der Waals surface area contributed by atoms with Crippen LogP contribution < -0.4 is 4.74 Å². The number of aromatic amines is 1. The Labute approximate surface area is 192 Å². The zero-order valence-electron chi connectivity index (χ0n) is 18.5. The molecule has 1 N–H and O–H groups in total. The van der Waals surface area contributed by atoms with Gasteiger partial charge in [-0.15, -0.1) is 0 Å². The smallest absolute Gasteiger partial charge is 0.240 e. The fourth-order valence-corrected chi connectivity index (χ4v) is 4.32. The lowest BCUT2D eigenvalue weighted by Crippen LogP contribution is -2.24. The molecule has 0 aliphatic carbocycles. The Morgan fingerprint density at radius 2 is 1.85 bits per heavy atom. The van der Waals surface area contributed by atoms with Crippen molar-refractivity contribution in [2.45, 2.75) is 19.4 Å². The Bertz CT molecular complexity index is 1390. The highest BCUT2D eigenvalue weighted by molar-refractivity contribution is 6.08. The van der Waals surface area contributed by atoms with Crippen LogP contribution in [0.5, 0.6) is 5.75 Å². The summed E-state index contributed by atoms with van der Waals surface area (Å²) < 4.78 is 5.55. The van der Waals surface area contributed by atoms with Gasteiger partial charge in [0.2, 0.25) is 5.91 Å². The highest BCUT2D eigenvalue weighted by atomic mass is 16.5. The van der Waals surface area contributed by atoms with E-state index in [-0.39, 0.29) is 11.9 Å². The molecule has 164 valence electrons. The van der Waals surface area contributed by atoms with Crippen molar-refractivity contribution in [3.63, 3.8) is 0 Å². The second-order valence-corrected chi connectivity index (χ2v) is 7.94. The molecule has 0 fully saturated rings. The fraction of sp³-hybridized carbons (Fsp3) is 0.148. The molecule has 0 radical (unpaired) electrons. The zero-order chi connectivity index (χ0) is 22.8. The van der Waals surface area contributed by atoms with Crippen LogP contribution in [0.1, 0.15) is 36.1 Å². The van der Waals surface area contributed by atoms with Crippen molar-refractivity contribution in [1.82, 2.24) is 9.99 Å². The average Bonchev–Trinajstić information content (AvgIpc) is 3.48. The van der Waals surface area contributed by atoms with E-state index in [0.29, 0.717) is 6.42 Å². The lowest BCUT2D eigenvalue weighted by molar-refractivity contribution is -0.130. The normalized spacial score (nSPS) is 15.9. The van der Waals surface area contributed by atoms with Crippen molar-refractivity contribution in [3.05, 3.63) is 95.7 Å². The van der Waals surface area contributed by atoms with E-state index >= 15 is 0 Å². The summed E-state index contributed by atoms with van der Waals surface area (Å²) in [5.74, 6) is 0.636. The third-order valence-electron chi connectivity index (χ3n) is 5.91. The first-order valence-electron chi connectivity index (χ1n) is 10.9. The summed E-state index contributed by atoms with van der Waals surface area (Å²) in [6.07, 6.45) is 4.41. The van der Waals surface area contributed by atoms with Crippen molar-refractivity contribution in [3.8, 4) is 5.75 Å². The van der Waals surface area contributed by atoms with E-state index in [1.165, 1.54) is 6.92 Å². The Balaban J connectivity index is 1.50. The Hall–Kier alpha value is -4.19. The van der Waals surface area contributed by atoms with Gasteiger partial charge in [-0.25, -0.2) is 5.01 Å². The molecule has 1 amide bonds. The number of benzene rings is 3. The number of methoxy groups -OCH3 is 1. The second-order valence-electron chi connectivity index (χ2n) is 7.94. The molecular formula is C27H24N4O2. The van der Waals surface area contributed by atoms with Gasteiger partial charge in [0, 0.05) is 53.3 Å². The van der Waals surface area contributed by atoms with Gasteiger partial charge in [0.25, 0.3) is 0 Å². The molecule has 1 unspecified atom stereocenters. The van der Waals surface area contributed by atoms with Crippen LogP contribution in [-0.2, 0) is 4.79 Å². The Morgan fingerprint density at radius 1 is 1.09 bits per heavy atom. The largest absolute Gasteiger partial charge is 0.496 e. The van der Waals surface area contributed by atoms with Gasteiger partial charge in [-0.1, -0.05) is 54.6 Å². The van der Waals surface area contributed by atoms with E-state index in [0.717, 1.165) is 44.7 Å². The maximum Gasteiger partial charge on any atom is 0.240 e. The maximum atomic E-state index is 12.4. The lowest BCUT2D eigenvalue weighted by Gasteiger charge is -2.22. The van der Waals surface area contributed by atoms with Gasteiger partial charge in [-0.2, -0.15) is 5.10 Å². The molecule has 1 aromatic heterocycles. The predicted molar refractivity (Wildman–Crippen MR) is 131 cm³/mol. The van der Waals surface area contributed by atoms with E-state index in [2.05, 4.69) is 11.1 Å². The van der Waals surface area contributed by atoms with E-state index in [4.69, 9.17) is 14.8 Å². The molecule has 3 aromatic carbocycles. The summed E-state index contributed by atoms with van der Waals surface area (Å²) in [6, 6.07) is 23.6. The van der Waals surface area contributed by atoms with Crippen LogP contribution in [0.25, 0.3) is 10.9 Å². The van der Waals surface area contributed by atoms with Crippen LogP contribution in [0.4, 0.5) is 5.69 Å². The molecule has 6 nitrogen and oxygen atoms in total. The average molecular weight is 437 g/mol. The summed E-state index contributed by atoms with van der Waals surface area (Å²) in [7, 11) is 1.64. The van der Waals surface area contributed by atoms with Crippen molar-refractivity contribution >= 4 is 34.4 Å². The molecular weight excluding hydrogens is 412 g/mol. The third-order valence-corrected chi connectivity index (χ3v) is 5.91. The van der Waals surface area contributed by atoms with Crippen molar-refractivity contribution in [2.24, 2.45) is 10.1 Å². The molecule has 1 aliphatic rings. The van der Waals surface area contributed by atoms with Crippen LogP contribution in [0.15, 0.2) is 89.1 Å². The summed E-state index contributed by atoms with van der Waals surface area (Å²) in [4.78, 5) is 20.5. The Kier molecular flexibility index (Phi) is 5.48. The number of fused-ring (bicyclic) bond motifs is 1. The maximum absolute atomic E-state index is 12.4. The monoisotopic (exact) mass is 436 g/mol. The standard InChI is InChI=1S/C27H24N4O2/c1-18(32)31-26(22-11-5-8-14-27(22)33-2)15-25(30-31)21-10-4-7-13-24(21)29-17-19-16-28-23-12-6-3-9-20(19)23/h3-14,16-17,26,28H,15H2,1-2H3. The van der Waals surface area contributed by atoms with Gasteiger partial charge < -0.3 is 9.72 Å². The van der Waals surface area contributed by atoms with Crippen LogP contribution in [0.3, 0.4) is 0 Å². The van der Waals surface area contributed by atoms with E-state index < -0.39 is 0 Å². The minimum absolute atomic E-state index is 0.110. The first kappa shape index (κ1) is 20.7. The molecule has 0 saturated heterocycles. The number of amides is 1. The second kappa shape index (κ2) is 8.74. The van der Waals surface area contributed by atoms with E-state index in [1.807, 2.05) is 79.1 Å². The molecule has 1 aliphatic heterocycles. The summed E-state index contributed by atoms with van der Waals surface area (Å²) >= 11 is 0. The summed E-state index contributed by atoms with van der Waals surface area (Å²) in [6.45, 7) is 1.54. The molecule has 0 saturated carbocycles. The number of H-pyrrole nitrogens is 1. The topological polar surface area (TPSA) is 70.0 Å². The Morgan fingerprint density at radius 3 is 2.70 bits per heavy atom. The number of carbonyl (C=O) groups excluding carboxylic acids is 1. The van der Waals surface area contributed by atoms with Gasteiger partial charge in [0.15, 0.2) is 0 Å². The minimum Gasteiger partial charge on any atom is -0.496 e. The van der Waals surface area contributed by atoms with Gasteiger partial charge in [-0.3, -0.25) is 9.79 Å². The van der Waals surface area contributed by atoms with Gasteiger partial charge in [0.05, 0.1) is 24.6 Å². The summed E-state index contributed by atoms with van der Waals surface area (Å²) in [5, 5.41) is 7.38. The van der Waals surface area contributed by atoms with Gasteiger partial charge in [0.1, 0.15) is 5.75 Å². The lowest BCUT2D eigenvalue weighted by atomic mass is 9.97. The fourth-order valence-electron chi connectivity index (χ4n) is 4.32. The zero-order valence-corrected chi connectivity index (χ0v) is 18.5. The number of hydrogen-bond donors (Lipinski definition) is 1.